The van der Waals surface area contributed by atoms with E-state index in [0.29, 0.717) is 12.6 Å². The number of carbonyl (C=O) groups excluding carboxylic acids is 2. The summed E-state index contributed by atoms with van der Waals surface area (Å²) in [5.74, 6) is -0.129. The molecule has 1 fully saturated rings. The highest BCUT2D eigenvalue weighted by Gasteiger charge is 2.43. The van der Waals surface area contributed by atoms with Gasteiger partial charge in [0.25, 0.3) is 5.91 Å². The molecule has 26 heavy (non-hydrogen) atoms. The lowest BCUT2D eigenvalue weighted by Crippen LogP contribution is -2.42. The SMILES string of the molecule is CC[C@H]1CN(C)c2ccccc2CN1CCCN1C(=O)NC(C)(C)C1=O. The van der Waals surface area contributed by atoms with E-state index < -0.39 is 5.54 Å². The standard InChI is InChI=1S/C20H30N4O2/c1-5-16-14-22(4)17-10-7-6-9-15(17)13-23(16)11-8-12-24-18(25)20(2,3)21-19(24)26/h6-7,9-10,16H,5,8,11-14H2,1-4H3,(H,21,26)/t16-/m0/s1. The first-order chi connectivity index (χ1) is 12.3. The van der Waals surface area contributed by atoms with Crippen molar-refractivity contribution in [2.24, 2.45) is 0 Å². The van der Waals surface area contributed by atoms with E-state index in [-0.39, 0.29) is 11.9 Å². The van der Waals surface area contributed by atoms with Gasteiger partial charge in [0, 0.05) is 45.0 Å². The van der Waals surface area contributed by atoms with Crippen LogP contribution in [0.15, 0.2) is 24.3 Å². The minimum atomic E-state index is -0.784. The zero-order valence-corrected chi connectivity index (χ0v) is 16.3. The molecule has 0 aliphatic carbocycles. The van der Waals surface area contributed by atoms with E-state index in [4.69, 9.17) is 0 Å². The van der Waals surface area contributed by atoms with E-state index >= 15 is 0 Å². The number of nitrogens with one attached hydrogen (secondary N) is 1. The lowest BCUT2D eigenvalue weighted by molar-refractivity contribution is -0.130. The molecule has 142 valence electrons. The monoisotopic (exact) mass is 358 g/mol. The zero-order valence-electron chi connectivity index (χ0n) is 16.3. The molecule has 3 amide bonds. The normalized spacial score (nSPS) is 23.0. The number of para-hydroxylation sites is 1. The number of carbonyl (C=O) groups is 2. The summed E-state index contributed by atoms with van der Waals surface area (Å²) in [6.45, 7) is 8.97. The van der Waals surface area contributed by atoms with Crippen LogP contribution in [0.1, 0.15) is 39.2 Å². The van der Waals surface area contributed by atoms with Gasteiger partial charge in [0.1, 0.15) is 5.54 Å². The third kappa shape index (κ3) is 3.56. The fourth-order valence-corrected chi connectivity index (χ4v) is 4.00. The second-order valence-electron chi connectivity index (χ2n) is 7.91. The van der Waals surface area contributed by atoms with Crippen molar-refractivity contribution >= 4 is 17.6 Å². The van der Waals surface area contributed by atoms with Crippen LogP contribution in [-0.2, 0) is 11.3 Å². The van der Waals surface area contributed by atoms with Crippen molar-refractivity contribution in [1.29, 1.82) is 0 Å². The minimum Gasteiger partial charge on any atom is -0.373 e. The molecule has 0 spiro atoms. The summed E-state index contributed by atoms with van der Waals surface area (Å²) in [7, 11) is 2.15. The van der Waals surface area contributed by atoms with Gasteiger partial charge in [0.2, 0.25) is 0 Å². The predicted octanol–water partition coefficient (Wildman–Crippen LogP) is 2.44. The van der Waals surface area contributed by atoms with Crippen molar-refractivity contribution in [2.45, 2.75) is 51.7 Å². The maximum Gasteiger partial charge on any atom is 0.325 e. The number of rotatable bonds is 5. The lowest BCUT2D eigenvalue weighted by atomic mass is 10.1. The quantitative estimate of drug-likeness (QED) is 0.822. The van der Waals surface area contributed by atoms with Crippen LogP contribution in [0, 0.1) is 0 Å². The second kappa shape index (κ2) is 7.27. The summed E-state index contributed by atoms with van der Waals surface area (Å²) >= 11 is 0. The van der Waals surface area contributed by atoms with Crippen LogP contribution in [0.4, 0.5) is 10.5 Å². The first kappa shape index (κ1) is 18.7. The van der Waals surface area contributed by atoms with Gasteiger partial charge < -0.3 is 10.2 Å². The number of hydrogen-bond donors (Lipinski definition) is 1. The summed E-state index contributed by atoms with van der Waals surface area (Å²) in [4.78, 5) is 30.6. The van der Waals surface area contributed by atoms with Crippen molar-refractivity contribution < 1.29 is 9.59 Å². The van der Waals surface area contributed by atoms with Gasteiger partial charge in [-0.05, 0) is 38.3 Å². The van der Waals surface area contributed by atoms with Crippen molar-refractivity contribution in [2.75, 3.05) is 31.6 Å². The van der Waals surface area contributed by atoms with E-state index in [1.807, 2.05) is 0 Å². The Labute approximate surface area is 156 Å². The van der Waals surface area contributed by atoms with Crippen molar-refractivity contribution in [3.05, 3.63) is 29.8 Å². The molecule has 0 unspecified atom stereocenters. The molecule has 1 atom stereocenters. The number of imide groups is 1. The Bertz CT molecular complexity index is 688. The van der Waals surface area contributed by atoms with Crippen LogP contribution < -0.4 is 10.2 Å². The fraction of sp³-hybridized carbons (Fsp3) is 0.600. The highest BCUT2D eigenvalue weighted by atomic mass is 16.2. The number of amides is 3. The van der Waals surface area contributed by atoms with E-state index in [1.165, 1.54) is 16.2 Å². The summed E-state index contributed by atoms with van der Waals surface area (Å²) in [5, 5.41) is 2.75. The van der Waals surface area contributed by atoms with E-state index in [9.17, 15) is 9.59 Å². The van der Waals surface area contributed by atoms with Gasteiger partial charge in [0.05, 0.1) is 0 Å². The molecule has 2 aliphatic heterocycles. The molecule has 6 heteroatoms. The molecule has 6 nitrogen and oxygen atoms in total. The number of nitrogens with zero attached hydrogens (tertiary/aromatic N) is 3. The molecule has 1 aromatic rings. The Hall–Kier alpha value is -2.08. The van der Waals surface area contributed by atoms with Crippen LogP contribution in [0.25, 0.3) is 0 Å². The Kier molecular flexibility index (Phi) is 5.23. The van der Waals surface area contributed by atoms with Gasteiger partial charge in [-0.2, -0.15) is 0 Å². The number of anilines is 1. The van der Waals surface area contributed by atoms with Crippen LogP contribution in [0.2, 0.25) is 0 Å². The number of urea groups is 1. The minimum absolute atomic E-state index is 0.129. The average molecular weight is 358 g/mol. The first-order valence-corrected chi connectivity index (χ1v) is 9.50. The molecular weight excluding hydrogens is 328 g/mol. The maximum absolute atomic E-state index is 12.3. The zero-order chi connectivity index (χ0) is 18.9. The number of likely N-dealkylation sites (N-methyl/N-ethyl adjacent to an activating group) is 1. The second-order valence-corrected chi connectivity index (χ2v) is 7.91. The molecule has 2 heterocycles. The van der Waals surface area contributed by atoms with Crippen LogP contribution in [0.5, 0.6) is 0 Å². The molecule has 1 aromatic carbocycles. The van der Waals surface area contributed by atoms with Crippen LogP contribution in [0.3, 0.4) is 0 Å². The van der Waals surface area contributed by atoms with E-state index in [0.717, 1.165) is 32.5 Å². The molecule has 2 aliphatic rings. The Morgan fingerprint density at radius 3 is 2.58 bits per heavy atom. The molecule has 1 N–H and O–H groups in total. The summed E-state index contributed by atoms with van der Waals surface area (Å²) in [5.41, 5.74) is 1.85. The topological polar surface area (TPSA) is 55.9 Å². The molecule has 0 aromatic heterocycles. The van der Waals surface area contributed by atoms with Crippen LogP contribution in [-0.4, -0.2) is 60.0 Å². The molecular formula is C20H30N4O2. The van der Waals surface area contributed by atoms with Crippen molar-refractivity contribution in [3.8, 4) is 0 Å². The third-order valence-electron chi connectivity index (χ3n) is 5.52. The lowest BCUT2D eigenvalue weighted by Gasteiger charge is -2.31. The maximum atomic E-state index is 12.3. The molecule has 1 saturated heterocycles. The fourth-order valence-electron chi connectivity index (χ4n) is 4.00. The number of fused-ring (bicyclic) bond motifs is 1. The third-order valence-corrected chi connectivity index (χ3v) is 5.52. The van der Waals surface area contributed by atoms with Gasteiger partial charge in [-0.25, -0.2) is 4.79 Å². The Morgan fingerprint density at radius 2 is 1.92 bits per heavy atom. The average Bonchev–Trinajstić information content (AvgIpc) is 2.72. The van der Waals surface area contributed by atoms with Crippen LogP contribution >= 0.6 is 0 Å². The number of hydrogen-bond acceptors (Lipinski definition) is 4. The van der Waals surface area contributed by atoms with Gasteiger partial charge in [0.15, 0.2) is 0 Å². The summed E-state index contributed by atoms with van der Waals surface area (Å²) in [6.07, 6.45) is 1.87. The highest BCUT2D eigenvalue weighted by Crippen LogP contribution is 2.27. The largest absolute Gasteiger partial charge is 0.373 e. The van der Waals surface area contributed by atoms with E-state index in [2.05, 4.69) is 53.4 Å². The molecule has 3 rings (SSSR count). The Balaban J connectivity index is 1.65. The van der Waals surface area contributed by atoms with Crippen molar-refractivity contribution in [1.82, 2.24) is 15.1 Å². The van der Waals surface area contributed by atoms with Gasteiger partial charge in [-0.1, -0.05) is 25.1 Å². The summed E-state index contributed by atoms with van der Waals surface area (Å²) < 4.78 is 0. The first-order valence-electron chi connectivity index (χ1n) is 9.50. The smallest absolute Gasteiger partial charge is 0.325 e. The van der Waals surface area contributed by atoms with Crippen molar-refractivity contribution in [3.63, 3.8) is 0 Å². The molecule has 0 radical (unpaired) electrons. The number of benzene rings is 1. The van der Waals surface area contributed by atoms with Gasteiger partial charge in [-0.15, -0.1) is 0 Å². The van der Waals surface area contributed by atoms with Gasteiger partial charge >= 0.3 is 6.03 Å². The Morgan fingerprint density at radius 1 is 1.19 bits per heavy atom. The van der Waals surface area contributed by atoms with Gasteiger partial charge in [-0.3, -0.25) is 14.6 Å². The highest BCUT2D eigenvalue weighted by molar-refractivity contribution is 6.06. The van der Waals surface area contributed by atoms with E-state index in [1.54, 1.807) is 13.8 Å². The molecule has 0 bridgehead atoms. The predicted molar refractivity (Wildman–Crippen MR) is 103 cm³/mol. The summed E-state index contributed by atoms with van der Waals surface area (Å²) in [6, 6.07) is 8.75. The molecule has 0 saturated carbocycles.